The normalized spacial score (nSPS) is 15.6. The van der Waals surface area contributed by atoms with Gasteiger partial charge in [0.15, 0.2) is 11.4 Å². The first-order valence-electron chi connectivity index (χ1n) is 17.5. The number of hydrogen-bond donors (Lipinski definition) is 8. The number of nitrogens with zero attached hydrogens (tertiary/aromatic N) is 2. The average molecular weight is 937 g/mol. The molecule has 0 saturated heterocycles. The van der Waals surface area contributed by atoms with Crippen molar-refractivity contribution in [1.82, 2.24) is 0 Å². The first-order chi connectivity index (χ1) is 29.4. The number of anilines is 4. The van der Waals surface area contributed by atoms with Crippen LogP contribution in [0.15, 0.2) is 121 Å². The maximum absolute atomic E-state index is 13.5. The molecule has 25 heteroatoms. The van der Waals surface area contributed by atoms with E-state index in [1.807, 2.05) is 0 Å². The third kappa shape index (κ3) is 9.44. The van der Waals surface area contributed by atoms with Gasteiger partial charge in [0.05, 0.1) is 21.2 Å². The monoisotopic (exact) mass is 936 g/mol. The number of aryl methyl sites for hydroxylation is 1. The number of rotatable bonds is 10. The van der Waals surface area contributed by atoms with Crippen LogP contribution in [0, 0.1) is 6.92 Å². The van der Waals surface area contributed by atoms with Crippen molar-refractivity contribution in [2.45, 2.75) is 16.7 Å². The van der Waals surface area contributed by atoms with Crippen molar-refractivity contribution in [3.8, 4) is 0 Å². The molecule has 2 aliphatic rings. The van der Waals surface area contributed by atoms with E-state index in [9.17, 15) is 66.3 Å². The smallest absolute Gasteiger partial charge is 0.308 e. The second-order valence-electron chi connectivity index (χ2n) is 13.6. The lowest BCUT2D eigenvalue weighted by Crippen LogP contribution is -2.27. The van der Waals surface area contributed by atoms with Crippen molar-refractivity contribution >= 4 is 115 Å². The second kappa shape index (κ2) is 16.1. The molecule has 0 radical (unpaired) electrons. The molecule has 0 saturated carbocycles. The molecule has 5 aromatic rings. The van der Waals surface area contributed by atoms with Crippen LogP contribution in [0.2, 0.25) is 0 Å². The van der Waals surface area contributed by atoms with E-state index in [0.717, 1.165) is 30.4 Å². The number of urea groups is 1. The van der Waals surface area contributed by atoms with E-state index >= 15 is 0 Å². The third-order valence-corrected chi connectivity index (χ3v) is 12.8. The Balaban J connectivity index is 1.09. The Morgan fingerprint density at radius 3 is 1.44 bits per heavy atom. The van der Waals surface area contributed by atoms with E-state index in [1.54, 1.807) is 0 Å². The minimum atomic E-state index is -5.08. The molecule has 324 valence electrons. The molecule has 0 bridgehead atoms. The van der Waals surface area contributed by atoms with Crippen LogP contribution in [0.5, 0.6) is 0 Å². The maximum Gasteiger partial charge on any atom is 0.323 e. The molecule has 2 amide bonds. The molecular weight excluding hydrogens is 909 g/mol. The van der Waals surface area contributed by atoms with Gasteiger partial charge in [-0.25, -0.2) is 4.79 Å². The van der Waals surface area contributed by atoms with Crippen LogP contribution in [0.25, 0.3) is 22.9 Å². The summed E-state index contributed by atoms with van der Waals surface area (Å²) >= 11 is 0. The number of ketones is 2. The van der Waals surface area contributed by atoms with E-state index in [-0.39, 0.29) is 55.5 Å². The third-order valence-electron chi connectivity index (χ3n) is 9.32. The van der Waals surface area contributed by atoms with Gasteiger partial charge in [-0.3, -0.25) is 38.7 Å². The van der Waals surface area contributed by atoms with Crippen LogP contribution < -0.4 is 21.5 Å². The van der Waals surface area contributed by atoms with Gasteiger partial charge in [0, 0.05) is 22.5 Å². The predicted molar refractivity (Wildman–Crippen MR) is 230 cm³/mol. The first-order valence-corrected chi connectivity index (χ1v) is 23.2. The summed E-state index contributed by atoms with van der Waals surface area (Å²) in [4.78, 5) is 37.5. The number of nitrogens with one attached hydrogen (secondary N) is 4. The number of hydrogen-bond acceptors (Lipinski definition) is 15. The molecule has 7 rings (SSSR count). The number of fused-ring (bicyclic) bond motifs is 3. The van der Waals surface area contributed by atoms with Crippen molar-refractivity contribution in [3.63, 3.8) is 0 Å². The Morgan fingerprint density at radius 1 is 0.508 bits per heavy atom. The van der Waals surface area contributed by atoms with Crippen LogP contribution in [0.3, 0.4) is 0 Å². The van der Waals surface area contributed by atoms with Crippen LogP contribution in [-0.2, 0) is 40.5 Å². The van der Waals surface area contributed by atoms with Gasteiger partial charge in [-0.15, -0.1) is 0 Å². The summed E-state index contributed by atoms with van der Waals surface area (Å²) in [6.45, 7) is 1.45. The fourth-order valence-electron chi connectivity index (χ4n) is 6.34. The molecule has 21 nitrogen and oxygen atoms in total. The summed E-state index contributed by atoms with van der Waals surface area (Å²) < 4.78 is 134. The summed E-state index contributed by atoms with van der Waals surface area (Å²) in [7, 11) is -19.1. The van der Waals surface area contributed by atoms with Gasteiger partial charge in [0.25, 0.3) is 40.5 Å². The number of hydrazone groups is 2. The Bertz CT molecular complexity index is 3470. The highest BCUT2D eigenvalue weighted by atomic mass is 32.2. The largest absolute Gasteiger partial charge is 0.323 e. The van der Waals surface area contributed by atoms with Crippen molar-refractivity contribution < 1.29 is 66.3 Å². The number of Topliss-reactive ketones (excluding diaryl/α,β-unsaturated/α-hetero) is 2. The zero-order valence-corrected chi connectivity index (χ0v) is 34.9. The Hall–Kier alpha value is -6.97. The van der Waals surface area contributed by atoms with Crippen molar-refractivity contribution in [3.05, 3.63) is 129 Å². The van der Waals surface area contributed by atoms with Crippen molar-refractivity contribution in [1.29, 1.82) is 0 Å². The number of amides is 2. The highest BCUT2D eigenvalue weighted by Crippen LogP contribution is 2.31. The lowest BCUT2D eigenvalue weighted by atomic mass is 9.94. The molecule has 0 unspecified atom stereocenters. The summed E-state index contributed by atoms with van der Waals surface area (Å²) in [6.07, 6.45) is 1.89. The number of benzene rings is 5. The van der Waals surface area contributed by atoms with Crippen molar-refractivity contribution in [2.75, 3.05) is 21.5 Å². The van der Waals surface area contributed by atoms with E-state index in [0.29, 0.717) is 10.8 Å². The minimum Gasteiger partial charge on any atom is -0.308 e. The van der Waals surface area contributed by atoms with Crippen LogP contribution in [-0.4, -0.2) is 80.9 Å². The fourth-order valence-corrected chi connectivity index (χ4v) is 8.74. The Morgan fingerprint density at radius 2 is 0.952 bits per heavy atom. The van der Waals surface area contributed by atoms with Gasteiger partial charge in [-0.2, -0.15) is 43.9 Å². The van der Waals surface area contributed by atoms with Gasteiger partial charge in [0.2, 0.25) is 11.6 Å². The van der Waals surface area contributed by atoms with Crippen LogP contribution >= 0.6 is 0 Å². The fraction of sp³-hybridized carbons (Fsp3) is 0.0263. The number of carbonyl (C=O) groups excluding carboxylic acids is 3. The van der Waals surface area contributed by atoms with Gasteiger partial charge in [-0.1, -0.05) is 12.1 Å². The van der Waals surface area contributed by atoms with Crippen LogP contribution in [0.1, 0.15) is 37.4 Å². The minimum absolute atomic E-state index is 0.0300. The highest BCUT2D eigenvalue weighted by molar-refractivity contribution is 7.91. The highest BCUT2D eigenvalue weighted by Gasteiger charge is 2.34. The zero-order chi connectivity index (χ0) is 45.8. The summed E-state index contributed by atoms with van der Waals surface area (Å²) in [5, 5.41) is 13.7. The summed E-state index contributed by atoms with van der Waals surface area (Å²) in [5.74, 6) is -1.87. The molecule has 0 spiro atoms. The molecule has 5 aromatic carbocycles. The molecule has 8 N–H and O–H groups in total. The van der Waals surface area contributed by atoms with Gasteiger partial charge in [0.1, 0.15) is 9.81 Å². The Kier molecular flexibility index (Phi) is 11.2. The van der Waals surface area contributed by atoms with Crippen LogP contribution in [0.4, 0.5) is 27.5 Å². The standard InChI is InChI=1S/C38H28N6O15S4/c1-19-12-27(60(48,49)50)8-11-31(19)42-44-35-33(63(57,58)59)18-23-15-25(6-10-30(23)37(35)46)40-38(47)39-24-5-9-29-22(14-24)17-32(62(54,55)56)34(36(29)45)43-41-26-4-2-21-16-28(61(51,52)53)7-3-20(21)13-26/h2-18,41-42H,1H3,(H2,39,40,47)(H,48,49,50)(H,51,52,53)(H,54,55,56)(H,57,58,59)/b43-34-,44-35+. The van der Waals surface area contributed by atoms with E-state index in [1.165, 1.54) is 79.7 Å². The molecule has 0 aromatic heterocycles. The summed E-state index contributed by atoms with van der Waals surface area (Å²) in [6, 6.07) is 18.2. The molecule has 0 heterocycles. The topological polar surface area (TPSA) is 342 Å². The van der Waals surface area contributed by atoms with Crippen molar-refractivity contribution in [2.24, 2.45) is 10.2 Å². The van der Waals surface area contributed by atoms with Gasteiger partial charge < -0.3 is 10.6 Å². The number of allylic oxidation sites excluding steroid dienone is 2. The molecule has 63 heavy (non-hydrogen) atoms. The van der Waals surface area contributed by atoms with E-state index in [4.69, 9.17) is 0 Å². The molecule has 0 fully saturated rings. The predicted octanol–water partition coefficient (Wildman–Crippen LogP) is 5.07. The quantitative estimate of drug-likeness (QED) is 0.0669. The number of carbonyl (C=O) groups is 3. The van der Waals surface area contributed by atoms with E-state index < -0.39 is 84.2 Å². The van der Waals surface area contributed by atoms with Gasteiger partial charge >= 0.3 is 6.03 Å². The lowest BCUT2D eigenvalue weighted by molar-refractivity contribution is 0.105. The molecule has 0 atom stereocenters. The second-order valence-corrected chi connectivity index (χ2v) is 19.2. The van der Waals surface area contributed by atoms with E-state index in [2.05, 4.69) is 31.7 Å². The molecule has 0 aliphatic heterocycles. The maximum atomic E-state index is 13.5. The lowest BCUT2D eigenvalue weighted by Gasteiger charge is -2.18. The SMILES string of the molecule is Cc1cc(S(=O)(=O)O)ccc1N/N=C1/C(=O)c2ccc(NC(=O)Nc3ccc4c(c3)C=C(S(=O)(=O)O)/C(=N/Nc3ccc5cc(S(=O)(=O)O)ccc5c3)C4=O)cc2C=C1S(=O)(=O)O. The summed E-state index contributed by atoms with van der Waals surface area (Å²) in [5.41, 5.74) is 4.06. The molecule has 2 aliphatic carbocycles. The zero-order valence-electron chi connectivity index (χ0n) is 31.6. The molecular formula is C38H28N6O15S4. The first kappa shape index (κ1) is 44.1. The Labute approximate surface area is 356 Å². The van der Waals surface area contributed by atoms with Gasteiger partial charge in [-0.05, 0) is 125 Å². The average Bonchev–Trinajstić information content (AvgIpc) is 3.18.